The summed E-state index contributed by atoms with van der Waals surface area (Å²) in [5, 5.41) is 3.30. The van der Waals surface area contributed by atoms with Gasteiger partial charge in [0.1, 0.15) is 0 Å². The maximum Gasteiger partial charge on any atom is 0.0309 e. The molecule has 11 heavy (non-hydrogen) atoms. The molecule has 2 aliphatic rings. The van der Waals surface area contributed by atoms with Gasteiger partial charge in [-0.05, 0) is 18.1 Å². The molecule has 0 unspecified atom stereocenters. The van der Waals surface area contributed by atoms with E-state index in [4.69, 9.17) is 0 Å². The molecule has 58 valence electrons. The van der Waals surface area contributed by atoms with E-state index >= 15 is 0 Å². The molecular weight excluding hydrogens is 134 g/mol. The number of nitrogens with one attached hydrogen (secondary N) is 1. The van der Waals surface area contributed by atoms with Crippen molar-refractivity contribution in [2.24, 2.45) is 5.41 Å². The zero-order valence-electron chi connectivity index (χ0n) is 7.07. The van der Waals surface area contributed by atoms with Gasteiger partial charge in [-0.25, -0.2) is 0 Å². The van der Waals surface area contributed by atoms with Gasteiger partial charge in [-0.15, -0.1) is 0 Å². The second-order valence-corrected chi connectivity index (χ2v) is 3.94. The van der Waals surface area contributed by atoms with Crippen LogP contribution in [0.25, 0.3) is 0 Å². The van der Waals surface area contributed by atoms with Crippen LogP contribution in [0.4, 0.5) is 0 Å². The van der Waals surface area contributed by atoms with E-state index in [0.717, 1.165) is 5.70 Å². The van der Waals surface area contributed by atoms with E-state index in [1.54, 1.807) is 0 Å². The average molecular weight is 147 g/mol. The smallest absolute Gasteiger partial charge is 0.0309 e. The molecule has 0 atom stereocenters. The Labute approximate surface area is 67.5 Å². The van der Waals surface area contributed by atoms with Gasteiger partial charge >= 0.3 is 0 Å². The van der Waals surface area contributed by atoms with Crippen molar-refractivity contribution in [1.82, 2.24) is 5.32 Å². The fraction of sp³-hybridized carbons (Fsp3) is 0.400. The van der Waals surface area contributed by atoms with Crippen LogP contribution in [-0.2, 0) is 0 Å². The largest absolute Gasteiger partial charge is 0.359 e. The molecule has 0 fully saturated rings. The van der Waals surface area contributed by atoms with Crippen LogP contribution in [-0.4, -0.2) is 0 Å². The van der Waals surface area contributed by atoms with Crippen molar-refractivity contribution in [2.75, 3.05) is 0 Å². The second-order valence-electron chi connectivity index (χ2n) is 3.94. The molecule has 0 aromatic carbocycles. The minimum Gasteiger partial charge on any atom is -0.359 e. The summed E-state index contributed by atoms with van der Waals surface area (Å²) in [4.78, 5) is 0. The standard InChI is InChI=1S/C10H13N/c1-7-4-5-8-6-10(2,3)9(8)11-7/h4-5,11H,1,6H2,2-3H3. The molecule has 1 aliphatic heterocycles. The fourth-order valence-corrected chi connectivity index (χ4v) is 1.78. The zero-order chi connectivity index (χ0) is 8.06. The van der Waals surface area contributed by atoms with Gasteiger partial charge < -0.3 is 5.32 Å². The molecular formula is C10H13N. The molecule has 0 bridgehead atoms. The zero-order valence-corrected chi connectivity index (χ0v) is 7.07. The molecule has 1 heterocycles. The predicted molar refractivity (Wildman–Crippen MR) is 46.8 cm³/mol. The number of rotatable bonds is 0. The highest BCUT2D eigenvalue weighted by Crippen LogP contribution is 2.46. The summed E-state index contributed by atoms with van der Waals surface area (Å²) in [5.74, 6) is 0. The molecule has 1 aliphatic carbocycles. The second kappa shape index (κ2) is 1.79. The first-order valence-corrected chi connectivity index (χ1v) is 3.97. The van der Waals surface area contributed by atoms with Crippen molar-refractivity contribution < 1.29 is 0 Å². The van der Waals surface area contributed by atoms with Gasteiger partial charge in [0.2, 0.25) is 0 Å². The van der Waals surface area contributed by atoms with E-state index in [-0.39, 0.29) is 0 Å². The summed E-state index contributed by atoms with van der Waals surface area (Å²) in [7, 11) is 0. The fourth-order valence-electron chi connectivity index (χ4n) is 1.78. The van der Waals surface area contributed by atoms with Gasteiger partial charge in [-0.3, -0.25) is 0 Å². The highest BCUT2D eigenvalue weighted by molar-refractivity contribution is 5.46. The lowest BCUT2D eigenvalue weighted by Crippen LogP contribution is -2.37. The topological polar surface area (TPSA) is 12.0 Å². The number of dihydropyridines is 1. The predicted octanol–water partition coefficient (Wildman–Crippen LogP) is 2.34. The minimum absolute atomic E-state index is 0.350. The molecule has 0 saturated carbocycles. The summed E-state index contributed by atoms with van der Waals surface area (Å²) in [6.07, 6.45) is 5.40. The van der Waals surface area contributed by atoms with Gasteiger partial charge in [-0.2, -0.15) is 0 Å². The van der Waals surface area contributed by atoms with E-state index < -0.39 is 0 Å². The molecule has 0 saturated heterocycles. The Morgan fingerprint density at radius 1 is 1.45 bits per heavy atom. The SMILES string of the molecule is C=C1C=CC2=C(N1)C(C)(C)C2. The Bertz CT molecular complexity index is 279. The Balaban J connectivity index is 2.35. The Morgan fingerprint density at radius 3 is 2.73 bits per heavy atom. The van der Waals surface area contributed by atoms with Gasteiger partial charge in [0.05, 0.1) is 0 Å². The summed E-state index contributed by atoms with van der Waals surface area (Å²) in [6, 6.07) is 0. The van der Waals surface area contributed by atoms with Crippen molar-refractivity contribution in [1.29, 1.82) is 0 Å². The van der Waals surface area contributed by atoms with Crippen molar-refractivity contribution in [3.05, 3.63) is 35.7 Å². The van der Waals surface area contributed by atoms with E-state index in [1.165, 1.54) is 17.7 Å². The molecule has 0 aromatic rings. The number of hydrogen-bond acceptors (Lipinski definition) is 1. The first kappa shape index (κ1) is 6.71. The van der Waals surface area contributed by atoms with Crippen molar-refractivity contribution in [3.8, 4) is 0 Å². The van der Waals surface area contributed by atoms with Gasteiger partial charge in [0.25, 0.3) is 0 Å². The molecule has 0 spiro atoms. The van der Waals surface area contributed by atoms with E-state index in [1.807, 2.05) is 6.08 Å². The monoisotopic (exact) mass is 147 g/mol. The van der Waals surface area contributed by atoms with Crippen molar-refractivity contribution >= 4 is 0 Å². The summed E-state index contributed by atoms with van der Waals surface area (Å²) in [5.41, 5.74) is 4.17. The molecule has 0 radical (unpaired) electrons. The summed E-state index contributed by atoms with van der Waals surface area (Å²) >= 11 is 0. The Kier molecular flexibility index (Phi) is 1.09. The van der Waals surface area contributed by atoms with Crippen LogP contribution in [0.1, 0.15) is 20.3 Å². The van der Waals surface area contributed by atoms with Crippen LogP contribution in [0.5, 0.6) is 0 Å². The molecule has 1 heteroatoms. The van der Waals surface area contributed by atoms with Crippen LogP contribution in [0.15, 0.2) is 35.7 Å². The summed E-state index contributed by atoms with van der Waals surface area (Å²) in [6.45, 7) is 8.38. The number of allylic oxidation sites excluding steroid dienone is 4. The lowest BCUT2D eigenvalue weighted by atomic mass is 9.69. The lowest BCUT2D eigenvalue weighted by Gasteiger charge is -2.42. The van der Waals surface area contributed by atoms with Crippen LogP contribution in [0.3, 0.4) is 0 Å². The number of hydrogen-bond donors (Lipinski definition) is 1. The van der Waals surface area contributed by atoms with Crippen molar-refractivity contribution in [3.63, 3.8) is 0 Å². The van der Waals surface area contributed by atoms with Crippen LogP contribution in [0.2, 0.25) is 0 Å². The minimum atomic E-state index is 0.350. The molecule has 0 amide bonds. The van der Waals surface area contributed by atoms with Crippen molar-refractivity contribution in [2.45, 2.75) is 20.3 Å². The quantitative estimate of drug-likeness (QED) is 0.554. The Morgan fingerprint density at radius 2 is 2.18 bits per heavy atom. The van der Waals surface area contributed by atoms with Crippen LogP contribution < -0.4 is 5.32 Å². The van der Waals surface area contributed by atoms with E-state index in [2.05, 4.69) is 31.8 Å². The third kappa shape index (κ3) is 0.839. The first-order valence-electron chi connectivity index (χ1n) is 3.97. The maximum atomic E-state index is 3.87. The lowest BCUT2D eigenvalue weighted by molar-refractivity contribution is 0.359. The third-order valence-corrected chi connectivity index (χ3v) is 2.40. The Hall–Kier alpha value is -0.980. The maximum absolute atomic E-state index is 3.87. The molecule has 1 nitrogen and oxygen atoms in total. The molecule has 1 N–H and O–H groups in total. The normalized spacial score (nSPS) is 25.8. The third-order valence-electron chi connectivity index (χ3n) is 2.40. The highest BCUT2D eigenvalue weighted by Gasteiger charge is 2.36. The first-order chi connectivity index (χ1) is 5.09. The average Bonchev–Trinajstić information content (AvgIpc) is 1.92. The van der Waals surface area contributed by atoms with Gasteiger partial charge in [0.15, 0.2) is 0 Å². The molecule has 2 rings (SSSR count). The highest BCUT2D eigenvalue weighted by atomic mass is 14.9. The van der Waals surface area contributed by atoms with E-state index in [0.29, 0.717) is 5.41 Å². The van der Waals surface area contributed by atoms with Crippen LogP contribution in [0, 0.1) is 5.41 Å². The van der Waals surface area contributed by atoms with Gasteiger partial charge in [0, 0.05) is 16.8 Å². The summed E-state index contributed by atoms with van der Waals surface area (Å²) < 4.78 is 0. The van der Waals surface area contributed by atoms with Crippen LogP contribution >= 0.6 is 0 Å². The van der Waals surface area contributed by atoms with Gasteiger partial charge in [-0.1, -0.05) is 26.5 Å². The van der Waals surface area contributed by atoms with E-state index in [9.17, 15) is 0 Å². The molecule has 0 aromatic heterocycles.